The standard InChI is InChI=1S/C14H26N2O/c1-4-14(7-5-8-15-14)13(17)16-9-6-11(2)10-12(16)3/h11-12,15H,4-10H2,1-3H3. The van der Waals surface area contributed by atoms with E-state index in [4.69, 9.17) is 0 Å². The van der Waals surface area contributed by atoms with Gasteiger partial charge in [-0.1, -0.05) is 13.8 Å². The van der Waals surface area contributed by atoms with E-state index in [1.165, 1.54) is 0 Å². The van der Waals surface area contributed by atoms with E-state index in [0.29, 0.717) is 11.9 Å². The molecular weight excluding hydrogens is 212 g/mol. The summed E-state index contributed by atoms with van der Waals surface area (Å²) in [4.78, 5) is 14.9. The van der Waals surface area contributed by atoms with Crippen molar-refractivity contribution in [1.29, 1.82) is 0 Å². The first-order chi connectivity index (χ1) is 8.09. The van der Waals surface area contributed by atoms with Crippen LogP contribution in [0.25, 0.3) is 0 Å². The number of piperidine rings is 1. The third-order valence-corrected chi connectivity index (χ3v) is 4.66. The van der Waals surface area contributed by atoms with Crippen LogP contribution in [0.5, 0.6) is 0 Å². The monoisotopic (exact) mass is 238 g/mol. The van der Waals surface area contributed by atoms with Crippen LogP contribution in [0.4, 0.5) is 0 Å². The van der Waals surface area contributed by atoms with Gasteiger partial charge in [-0.3, -0.25) is 4.79 Å². The van der Waals surface area contributed by atoms with Crippen LogP contribution in [-0.4, -0.2) is 35.5 Å². The van der Waals surface area contributed by atoms with Gasteiger partial charge in [-0.15, -0.1) is 0 Å². The van der Waals surface area contributed by atoms with E-state index in [1.807, 2.05) is 0 Å². The molecule has 0 radical (unpaired) electrons. The summed E-state index contributed by atoms with van der Waals surface area (Å²) < 4.78 is 0. The van der Waals surface area contributed by atoms with Gasteiger partial charge in [0.25, 0.3) is 0 Å². The quantitative estimate of drug-likeness (QED) is 0.799. The average Bonchev–Trinajstić information content (AvgIpc) is 2.78. The lowest BCUT2D eigenvalue weighted by atomic mass is 9.88. The van der Waals surface area contributed by atoms with Crippen LogP contribution in [-0.2, 0) is 4.79 Å². The number of carbonyl (C=O) groups excluding carboxylic acids is 1. The van der Waals surface area contributed by atoms with Gasteiger partial charge in [-0.2, -0.15) is 0 Å². The molecule has 0 aromatic heterocycles. The predicted molar refractivity (Wildman–Crippen MR) is 69.8 cm³/mol. The van der Waals surface area contributed by atoms with Gasteiger partial charge < -0.3 is 10.2 Å². The molecule has 2 aliphatic heterocycles. The van der Waals surface area contributed by atoms with Gasteiger partial charge in [-0.25, -0.2) is 0 Å². The molecule has 3 nitrogen and oxygen atoms in total. The second-order valence-corrected chi connectivity index (χ2v) is 5.94. The van der Waals surface area contributed by atoms with E-state index < -0.39 is 0 Å². The van der Waals surface area contributed by atoms with Crippen molar-refractivity contribution in [3.05, 3.63) is 0 Å². The molecule has 2 saturated heterocycles. The largest absolute Gasteiger partial charge is 0.338 e. The number of nitrogens with one attached hydrogen (secondary N) is 1. The molecule has 98 valence electrons. The highest BCUT2D eigenvalue weighted by Crippen LogP contribution is 2.30. The maximum Gasteiger partial charge on any atom is 0.243 e. The van der Waals surface area contributed by atoms with E-state index >= 15 is 0 Å². The van der Waals surface area contributed by atoms with E-state index in [0.717, 1.165) is 51.1 Å². The van der Waals surface area contributed by atoms with Gasteiger partial charge in [0, 0.05) is 12.6 Å². The van der Waals surface area contributed by atoms with Crippen molar-refractivity contribution in [2.24, 2.45) is 5.92 Å². The molecule has 2 aliphatic rings. The van der Waals surface area contributed by atoms with Crippen molar-refractivity contribution >= 4 is 5.91 Å². The minimum atomic E-state index is -0.241. The molecule has 1 amide bonds. The zero-order valence-corrected chi connectivity index (χ0v) is 11.5. The number of hydrogen-bond acceptors (Lipinski definition) is 2. The number of amides is 1. The van der Waals surface area contributed by atoms with Gasteiger partial charge in [0.05, 0.1) is 5.54 Å². The fourth-order valence-electron chi connectivity index (χ4n) is 3.43. The Balaban J connectivity index is 2.08. The molecule has 0 spiro atoms. The fourth-order valence-corrected chi connectivity index (χ4v) is 3.43. The third kappa shape index (κ3) is 2.35. The maximum atomic E-state index is 12.7. The van der Waals surface area contributed by atoms with E-state index in [9.17, 15) is 4.79 Å². The molecule has 0 aromatic rings. The van der Waals surface area contributed by atoms with Crippen LogP contribution in [0.15, 0.2) is 0 Å². The topological polar surface area (TPSA) is 32.3 Å². The molecule has 0 aliphatic carbocycles. The van der Waals surface area contributed by atoms with Gasteiger partial charge in [0.1, 0.15) is 0 Å². The highest BCUT2D eigenvalue weighted by atomic mass is 16.2. The lowest BCUT2D eigenvalue weighted by Gasteiger charge is -2.41. The number of carbonyl (C=O) groups is 1. The number of rotatable bonds is 2. The Labute approximate surface area is 105 Å². The van der Waals surface area contributed by atoms with Crippen molar-refractivity contribution in [1.82, 2.24) is 10.2 Å². The van der Waals surface area contributed by atoms with Crippen LogP contribution in [0.2, 0.25) is 0 Å². The Hall–Kier alpha value is -0.570. The number of likely N-dealkylation sites (tertiary alicyclic amines) is 1. The molecule has 17 heavy (non-hydrogen) atoms. The molecule has 2 heterocycles. The average molecular weight is 238 g/mol. The Bertz CT molecular complexity index is 284. The summed E-state index contributed by atoms with van der Waals surface area (Å²) >= 11 is 0. The van der Waals surface area contributed by atoms with Crippen LogP contribution < -0.4 is 5.32 Å². The molecule has 2 rings (SSSR count). The van der Waals surface area contributed by atoms with Gasteiger partial charge in [0.2, 0.25) is 5.91 Å². The summed E-state index contributed by atoms with van der Waals surface area (Å²) in [5, 5.41) is 3.46. The van der Waals surface area contributed by atoms with E-state index in [2.05, 4.69) is 31.0 Å². The maximum absolute atomic E-state index is 12.7. The minimum Gasteiger partial charge on any atom is -0.338 e. The van der Waals surface area contributed by atoms with Crippen LogP contribution in [0, 0.1) is 5.92 Å². The molecular formula is C14H26N2O. The molecule has 2 fully saturated rings. The lowest BCUT2D eigenvalue weighted by Crippen LogP contribution is -2.58. The van der Waals surface area contributed by atoms with Crippen LogP contribution >= 0.6 is 0 Å². The summed E-state index contributed by atoms with van der Waals surface area (Å²) in [6.07, 6.45) is 5.39. The first-order valence-electron chi connectivity index (χ1n) is 7.15. The van der Waals surface area contributed by atoms with Crippen LogP contribution in [0.1, 0.15) is 52.9 Å². The fraction of sp³-hybridized carbons (Fsp3) is 0.929. The van der Waals surface area contributed by atoms with E-state index in [1.54, 1.807) is 0 Å². The van der Waals surface area contributed by atoms with Crippen molar-refractivity contribution in [2.45, 2.75) is 64.5 Å². The molecule has 0 saturated carbocycles. The van der Waals surface area contributed by atoms with Crippen molar-refractivity contribution in [3.8, 4) is 0 Å². The van der Waals surface area contributed by atoms with Crippen molar-refractivity contribution < 1.29 is 4.79 Å². The number of hydrogen-bond donors (Lipinski definition) is 1. The summed E-state index contributed by atoms with van der Waals surface area (Å²) in [6, 6.07) is 0.414. The minimum absolute atomic E-state index is 0.241. The Morgan fingerprint density at radius 2 is 2.24 bits per heavy atom. The molecule has 3 unspecified atom stereocenters. The molecule has 1 N–H and O–H groups in total. The normalized spacial score (nSPS) is 38.4. The second-order valence-electron chi connectivity index (χ2n) is 5.94. The summed E-state index contributed by atoms with van der Waals surface area (Å²) in [7, 11) is 0. The molecule has 0 bridgehead atoms. The second kappa shape index (κ2) is 4.97. The zero-order valence-electron chi connectivity index (χ0n) is 11.5. The predicted octanol–water partition coefficient (Wildman–Crippen LogP) is 2.17. The highest BCUT2D eigenvalue weighted by molar-refractivity contribution is 5.87. The van der Waals surface area contributed by atoms with E-state index in [-0.39, 0.29) is 5.54 Å². The Morgan fingerprint density at radius 3 is 2.76 bits per heavy atom. The highest BCUT2D eigenvalue weighted by Gasteiger charge is 2.43. The molecule has 3 heteroatoms. The van der Waals surface area contributed by atoms with Gasteiger partial charge in [0.15, 0.2) is 0 Å². The Morgan fingerprint density at radius 1 is 1.47 bits per heavy atom. The van der Waals surface area contributed by atoms with Crippen molar-refractivity contribution in [3.63, 3.8) is 0 Å². The van der Waals surface area contributed by atoms with Crippen molar-refractivity contribution in [2.75, 3.05) is 13.1 Å². The SMILES string of the molecule is CCC1(C(=O)N2CCC(C)CC2C)CCCN1. The molecule has 0 aromatic carbocycles. The third-order valence-electron chi connectivity index (χ3n) is 4.66. The summed E-state index contributed by atoms with van der Waals surface area (Å²) in [6.45, 7) is 8.57. The van der Waals surface area contributed by atoms with Gasteiger partial charge >= 0.3 is 0 Å². The van der Waals surface area contributed by atoms with Gasteiger partial charge in [-0.05, 0) is 51.5 Å². The summed E-state index contributed by atoms with van der Waals surface area (Å²) in [5.41, 5.74) is -0.241. The first kappa shape index (κ1) is 12.9. The summed E-state index contributed by atoms with van der Waals surface area (Å²) in [5.74, 6) is 1.13. The smallest absolute Gasteiger partial charge is 0.243 e. The van der Waals surface area contributed by atoms with Crippen LogP contribution in [0.3, 0.4) is 0 Å². The lowest BCUT2D eigenvalue weighted by molar-refractivity contribution is -0.142. The molecule has 3 atom stereocenters. The Kier molecular flexibility index (Phi) is 3.76. The number of nitrogens with zero attached hydrogens (tertiary/aromatic N) is 1. The zero-order chi connectivity index (χ0) is 12.5. The first-order valence-corrected chi connectivity index (χ1v) is 7.15.